The van der Waals surface area contributed by atoms with E-state index in [1.54, 1.807) is 0 Å². The number of hydrogen-bond acceptors (Lipinski definition) is 4. The summed E-state index contributed by atoms with van der Waals surface area (Å²) in [5.41, 5.74) is 0. The Morgan fingerprint density at radius 2 is 0.474 bits per heavy atom. The van der Waals surface area contributed by atoms with Crippen LogP contribution in [0.4, 0.5) is 0 Å². The summed E-state index contributed by atoms with van der Waals surface area (Å²) in [6.07, 6.45) is 5.38. The molecule has 0 radical (unpaired) electrons. The van der Waals surface area contributed by atoms with Gasteiger partial charge in [0.15, 0.2) is 0 Å². The van der Waals surface area contributed by atoms with Gasteiger partial charge in [-0.3, -0.25) is 0 Å². The zero-order valence-corrected chi connectivity index (χ0v) is 35.9. The first-order chi connectivity index (χ1) is 16.7. The quantitative estimate of drug-likeness (QED) is 0.104. The minimum atomic E-state index is -1.30. The van der Waals surface area contributed by atoms with Gasteiger partial charge < -0.3 is 17.6 Å². The zero-order chi connectivity index (χ0) is 30.4. The highest BCUT2D eigenvalue weighted by Gasteiger charge is 2.35. The SMILES string of the molecule is C[Si](C)(C)N(CCCCN(CCCN([Si](C)(C)C)[Si](C)(C)C)[Si](C)(C)C)CCCN([Si](C)(C)C)[Si](C)(C)C. The summed E-state index contributed by atoms with van der Waals surface area (Å²) in [5.74, 6) is 0. The maximum absolute atomic E-state index is 2.97. The number of rotatable bonds is 19. The van der Waals surface area contributed by atoms with Crippen LogP contribution < -0.4 is 0 Å². The highest BCUT2D eigenvalue weighted by molar-refractivity contribution is 6.90. The molecule has 0 unspecified atom stereocenters. The van der Waals surface area contributed by atoms with E-state index in [1.807, 2.05) is 0 Å². The van der Waals surface area contributed by atoms with Crippen LogP contribution in [-0.2, 0) is 0 Å². The largest absolute Gasteiger partial charge is 0.346 e. The van der Waals surface area contributed by atoms with Crippen molar-refractivity contribution >= 4 is 49.4 Å². The lowest BCUT2D eigenvalue weighted by Gasteiger charge is -2.44. The Morgan fingerprint density at radius 3 is 0.658 bits per heavy atom. The third-order valence-corrected chi connectivity index (χ3v) is 28.0. The van der Waals surface area contributed by atoms with Crippen LogP contribution in [0.25, 0.3) is 0 Å². The van der Waals surface area contributed by atoms with E-state index >= 15 is 0 Å². The van der Waals surface area contributed by atoms with Crippen molar-refractivity contribution in [3.8, 4) is 0 Å². The molecule has 0 bridgehead atoms. The van der Waals surface area contributed by atoms with E-state index in [9.17, 15) is 0 Å². The van der Waals surface area contributed by atoms with Crippen LogP contribution in [0, 0.1) is 0 Å². The molecule has 0 aromatic heterocycles. The van der Waals surface area contributed by atoms with E-state index in [1.165, 1.54) is 65.0 Å². The highest BCUT2D eigenvalue weighted by Crippen LogP contribution is 2.22. The van der Waals surface area contributed by atoms with Crippen LogP contribution >= 0.6 is 0 Å². The molecule has 0 aliphatic rings. The maximum atomic E-state index is 2.97. The van der Waals surface area contributed by atoms with Crippen molar-refractivity contribution in [3.05, 3.63) is 0 Å². The molecule has 0 rings (SSSR count). The van der Waals surface area contributed by atoms with E-state index in [4.69, 9.17) is 0 Å². The Hall–Kier alpha value is 1.14. The molecule has 10 heteroatoms. The van der Waals surface area contributed by atoms with Crippen molar-refractivity contribution in [2.75, 3.05) is 39.3 Å². The smallest absolute Gasteiger partial charge is 0.119 e. The predicted molar refractivity (Wildman–Crippen MR) is 195 cm³/mol. The Labute approximate surface area is 248 Å². The second kappa shape index (κ2) is 15.0. The standard InChI is InChI=1S/C28H74N4Si6/c1-33(2,3)29(25-21-27-31(35(7,8)9)36(10,11)12)23-19-20-24-30(34(4,5)6)26-22-28-32(37(13,14)15)38(16,17)18/h19-28H2,1-18H3. The van der Waals surface area contributed by atoms with Gasteiger partial charge in [-0.2, -0.15) is 0 Å². The van der Waals surface area contributed by atoms with Crippen LogP contribution in [-0.4, -0.2) is 106 Å². The predicted octanol–water partition coefficient (Wildman–Crippen LogP) is 8.76. The van der Waals surface area contributed by atoms with Gasteiger partial charge in [0.2, 0.25) is 0 Å². The first kappa shape index (κ1) is 39.1. The molecular weight excluding hydrogens is 561 g/mol. The average molecular weight is 635 g/mol. The Bertz CT molecular complexity index is 578. The van der Waals surface area contributed by atoms with Gasteiger partial charge in [0.05, 0.1) is 0 Å². The molecule has 38 heavy (non-hydrogen) atoms. The van der Waals surface area contributed by atoms with Gasteiger partial charge in [0.25, 0.3) is 0 Å². The highest BCUT2D eigenvalue weighted by atomic mass is 28.4. The maximum Gasteiger partial charge on any atom is 0.119 e. The van der Waals surface area contributed by atoms with Gasteiger partial charge in [-0.25, -0.2) is 0 Å². The Balaban J connectivity index is 4.98. The van der Waals surface area contributed by atoms with E-state index < -0.39 is 49.4 Å². The fourth-order valence-corrected chi connectivity index (χ4v) is 29.1. The minimum Gasteiger partial charge on any atom is -0.346 e. The third kappa shape index (κ3) is 15.4. The number of hydrogen-bond donors (Lipinski definition) is 0. The molecule has 0 heterocycles. The number of nitrogens with zero attached hydrogens (tertiary/aromatic N) is 4. The normalized spacial score (nSPS) is 15.0. The summed E-state index contributed by atoms with van der Waals surface area (Å²) in [7, 11) is -7.61. The molecule has 0 atom stereocenters. The molecule has 0 aromatic rings. The average Bonchev–Trinajstić information content (AvgIpc) is 2.61. The van der Waals surface area contributed by atoms with Crippen molar-refractivity contribution in [2.24, 2.45) is 0 Å². The van der Waals surface area contributed by atoms with E-state index in [0.717, 1.165) is 0 Å². The van der Waals surface area contributed by atoms with Gasteiger partial charge in [-0.15, -0.1) is 0 Å². The number of unbranched alkanes of at least 4 members (excludes halogenated alkanes) is 1. The molecule has 4 nitrogen and oxygen atoms in total. The van der Waals surface area contributed by atoms with Crippen LogP contribution in [0.3, 0.4) is 0 Å². The van der Waals surface area contributed by atoms with Crippen molar-refractivity contribution in [1.29, 1.82) is 0 Å². The summed E-state index contributed by atoms with van der Waals surface area (Å²) in [6.45, 7) is 53.6. The molecule has 0 aromatic carbocycles. The topological polar surface area (TPSA) is 13.0 Å². The summed E-state index contributed by atoms with van der Waals surface area (Å²) in [5, 5.41) is 0. The summed E-state index contributed by atoms with van der Waals surface area (Å²) >= 11 is 0. The molecule has 0 aliphatic heterocycles. The van der Waals surface area contributed by atoms with Gasteiger partial charge in [-0.1, -0.05) is 118 Å². The molecule has 0 saturated carbocycles. The second-order valence-corrected chi connectivity index (χ2v) is 48.1. The lowest BCUT2D eigenvalue weighted by atomic mass is 10.3. The first-order valence-electron chi connectivity index (χ1n) is 15.7. The fourth-order valence-electron chi connectivity index (χ4n) is 6.36. The Kier molecular flexibility index (Phi) is 15.5. The molecule has 0 aliphatic carbocycles. The van der Waals surface area contributed by atoms with Crippen LogP contribution in [0.15, 0.2) is 0 Å². The third-order valence-electron chi connectivity index (χ3n) is 7.86. The molecule has 0 spiro atoms. The van der Waals surface area contributed by atoms with Crippen LogP contribution in [0.1, 0.15) is 25.7 Å². The van der Waals surface area contributed by atoms with E-state index in [2.05, 4.69) is 135 Å². The van der Waals surface area contributed by atoms with Gasteiger partial charge >= 0.3 is 0 Å². The lowest BCUT2D eigenvalue weighted by molar-refractivity contribution is 0.355. The van der Waals surface area contributed by atoms with Gasteiger partial charge in [0, 0.05) is 0 Å². The molecular formula is C28H74N4Si6. The van der Waals surface area contributed by atoms with E-state index in [-0.39, 0.29) is 0 Å². The molecule has 0 fully saturated rings. The first-order valence-corrected chi connectivity index (χ1v) is 36.4. The monoisotopic (exact) mass is 634 g/mol. The minimum absolute atomic E-state index is 1.25. The van der Waals surface area contributed by atoms with Gasteiger partial charge in [0.1, 0.15) is 49.4 Å². The van der Waals surface area contributed by atoms with Crippen molar-refractivity contribution < 1.29 is 0 Å². The molecule has 0 N–H and O–H groups in total. The second-order valence-electron chi connectivity index (χ2n) is 17.7. The van der Waals surface area contributed by atoms with Crippen molar-refractivity contribution in [3.63, 3.8) is 0 Å². The molecule has 230 valence electrons. The zero-order valence-electron chi connectivity index (χ0n) is 29.9. The molecule has 0 saturated heterocycles. The van der Waals surface area contributed by atoms with Crippen molar-refractivity contribution in [1.82, 2.24) is 17.6 Å². The van der Waals surface area contributed by atoms with Crippen LogP contribution in [0.5, 0.6) is 0 Å². The summed E-state index contributed by atoms with van der Waals surface area (Å²) < 4.78 is 11.8. The van der Waals surface area contributed by atoms with Crippen molar-refractivity contribution in [2.45, 2.75) is 144 Å². The lowest BCUT2D eigenvalue weighted by Crippen LogP contribution is -2.59. The summed E-state index contributed by atoms with van der Waals surface area (Å²) in [6, 6.07) is 0. The summed E-state index contributed by atoms with van der Waals surface area (Å²) in [4.78, 5) is 0. The fraction of sp³-hybridized carbons (Fsp3) is 1.00. The molecule has 0 amide bonds. The Morgan fingerprint density at radius 1 is 0.263 bits per heavy atom. The van der Waals surface area contributed by atoms with Gasteiger partial charge in [-0.05, 0) is 65.0 Å². The van der Waals surface area contributed by atoms with E-state index in [0.29, 0.717) is 0 Å². The van der Waals surface area contributed by atoms with Crippen LogP contribution in [0.2, 0.25) is 118 Å².